The van der Waals surface area contributed by atoms with Crippen LogP contribution in [0.4, 0.5) is 4.39 Å². The van der Waals surface area contributed by atoms with Crippen molar-refractivity contribution in [2.24, 2.45) is 4.99 Å². The van der Waals surface area contributed by atoms with E-state index in [4.69, 9.17) is 0 Å². The first kappa shape index (κ1) is 16.0. The van der Waals surface area contributed by atoms with Gasteiger partial charge in [-0.3, -0.25) is 0 Å². The number of nitrogens with zero attached hydrogens (tertiary/aromatic N) is 1. The number of hydrogen-bond acceptors (Lipinski definition) is 1. The fourth-order valence-corrected chi connectivity index (χ4v) is 1.90. The van der Waals surface area contributed by atoms with Crippen LogP contribution in [0.3, 0.4) is 0 Å². The van der Waals surface area contributed by atoms with E-state index in [1.807, 2.05) is 6.92 Å². The molecule has 0 unspecified atom stereocenters. The summed E-state index contributed by atoms with van der Waals surface area (Å²) < 4.78 is 14.5. The molecule has 0 aliphatic rings. The molecule has 106 valence electrons. The summed E-state index contributed by atoms with van der Waals surface area (Å²) in [6.07, 6.45) is 0. The van der Waals surface area contributed by atoms with Crippen LogP contribution in [0.15, 0.2) is 27.7 Å². The maximum Gasteiger partial charge on any atom is 0.191 e. The van der Waals surface area contributed by atoms with Gasteiger partial charge in [-0.15, -0.1) is 0 Å². The summed E-state index contributed by atoms with van der Waals surface area (Å²) in [6, 6.07) is 4.87. The molecule has 3 nitrogen and oxygen atoms in total. The van der Waals surface area contributed by atoms with E-state index >= 15 is 0 Å². The summed E-state index contributed by atoms with van der Waals surface area (Å²) >= 11 is 3.34. The van der Waals surface area contributed by atoms with Gasteiger partial charge < -0.3 is 10.6 Å². The molecule has 5 heteroatoms. The molecule has 0 atom stereocenters. The molecule has 0 aliphatic carbocycles. The second kappa shape index (κ2) is 6.89. The predicted octanol–water partition coefficient (Wildman–Crippen LogP) is 3.44. The Bertz CT molecular complexity index is 452. The minimum Gasteiger partial charge on any atom is -0.357 e. The van der Waals surface area contributed by atoms with E-state index in [0.29, 0.717) is 18.1 Å². The van der Waals surface area contributed by atoms with Crippen molar-refractivity contribution in [3.8, 4) is 0 Å². The molecule has 0 saturated carbocycles. The summed E-state index contributed by atoms with van der Waals surface area (Å²) in [5.41, 5.74) is 0.483. The van der Waals surface area contributed by atoms with Gasteiger partial charge in [0.05, 0.1) is 6.54 Å². The molecular weight excluding hydrogens is 309 g/mol. The van der Waals surface area contributed by atoms with E-state index in [-0.39, 0.29) is 11.4 Å². The van der Waals surface area contributed by atoms with Crippen LogP contribution in [0.2, 0.25) is 0 Å². The van der Waals surface area contributed by atoms with Crippen LogP contribution in [-0.2, 0) is 6.54 Å². The van der Waals surface area contributed by atoms with Gasteiger partial charge in [0, 0.05) is 22.1 Å². The van der Waals surface area contributed by atoms with Gasteiger partial charge in [0.15, 0.2) is 5.96 Å². The van der Waals surface area contributed by atoms with Gasteiger partial charge in [-0.1, -0.05) is 15.9 Å². The molecule has 0 amide bonds. The molecular formula is C14H21BrFN3. The van der Waals surface area contributed by atoms with Gasteiger partial charge in [0.25, 0.3) is 0 Å². The predicted molar refractivity (Wildman–Crippen MR) is 81.8 cm³/mol. The topological polar surface area (TPSA) is 36.4 Å². The van der Waals surface area contributed by atoms with Crippen LogP contribution >= 0.6 is 15.9 Å². The molecule has 1 aromatic carbocycles. The van der Waals surface area contributed by atoms with Gasteiger partial charge in [0.1, 0.15) is 5.82 Å². The first-order valence-electron chi connectivity index (χ1n) is 6.32. The number of halogens is 2. The van der Waals surface area contributed by atoms with E-state index in [1.54, 1.807) is 12.1 Å². The zero-order valence-corrected chi connectivity index (χ0v) is 13.4. The number of guanidine groups is 1. The summed E-state index contributed by atoms with van der Waals surface area (Å²) in [6.45, 7) is 9.23. The van der Waals surface area contributed by atoms with Crippen LogP contribution in [0.1, 0.15) is 33.3 Å². The van der Waals surface area contributed by atoms with Gasteiger partial charge >= 0.3 is 0 Å². The lowest BCUT2D eigenvalue weighted by atomic mass is 10.1. The minimum absolute atomic E-state index is 0.0865. The van der Waals surface area contributed by atoms with Gasteiger partial charge in [-0.05, 0) is 45.9 Å². The molecule has 0 aromatic heterocycles. The second-order valence-electron chi connectivity index (χ2n) is 5.31. The largest absolute Gasteiger partial charge is 0.357 e. The highest BCUT2D eigenvalue weighted by Crippen LogP contribution is 2.16. The van der Waals surface area contributed by atoms with Crippen LogP contribution in [-0.4, -0.2) is 18.0 Å². The van der Waals surface area contributed by atoms with Crippen molar-refractivity contribution in [3.05, 3.63) is 34.1 Å². The Morgan fingerprint density at radius 2 is 2.05 bits per heavy atom. The van der Waals surface area contributed by atoms with Gasteiger partial charge in [-0.2, -0.15) is 0 Å². The molecule has 0 bridgehead atoms. The summed E-state index contributed by atoms with van der Waals surface area (Å²) in [5.74, 6) is 0.452. The molecule has 2 N–H and O–H groups in total. The van der Waals surface area contributed by atoms with Crippen LogP contribution in [0.5, 0.6) is 0 Å². The van der Waals surface area contributed by atoms with E-state index in [0.717, 1.165) is 11.0 Å². The minimum atomic E-state index is -0.237. The van der Waals surface area contributed by atoms with Crippen molar-refractivity contribution in [2.45, 2.75) is 39.8 Å². The average molecular weight is 330 g/mol. The van der Waals surface area contributed by atoms with Crippen molar-refractivity contribution in [3.63, 3.8) is 0 Å². The molecule has 0 radical (unpaired) electrons. The number of rotatable bonds is 3. The average Bonchev–Trinajstić information content (AvgIpc) is 2.28. The van der Waals surface area contributed by atoms with E-state index in [1.165, 1.54) is 6.07 Å². The van der Waals surface area contributed by atoms with Crippen LogP contribution in [0, 0.1) is 5.82 Å². The van der Waals surface area contributed by atoms with Crippen molar-refractivity contribution in [2.75, 3.05) is 6.54 Å². The Labute approximate surface area is 122 Å². The van der Waals surface area contributed by atoms with Crippen LogP contribution in [0.25, 0.3) is 0 Å². The van der Waals surface area contributed by atoms with Gasteiger partial charge in [-0.25, -0.2) is 9.38 Å². The lowest BCUT2D eigenvalue weighted by Gasteiger charge is -2.23. The highest BCUT2D eigenvalue weighted by atomic mass is 79.9. The molecule has 0 spiro atoms. The Morgan fingerprint density at radius 1 is 1.37 bits per heavy atom. The second-order valence-corrected chi connectivity index (χ2v) is 6.22. The first-order valence-corrected chi connectivity index (χ1v) is 7.11. The zero-order valence-electron chi connectivity index (χ0n) is 11.8. The normalized spacial score (nSPS) is 12.4. The van der Waals surface area contributed by atoms with Crippen molar-refractivity contribution < 1.29 is 4.39 Å². The van der Waals surface area contributed by atoms with Crippen LogP contribution < -0.4 is 10.6 Å². The van der Waals surface area contributed by atoms with Crippen molar-refractivity contribution in [1.82, 2.24) is 10.6 Å². The monoisotopic (exact) mass is 329 g/mol. The molecule has 0 heterocycles. The van der Waals surface area contributed by atoms with E-state index < -0.39 is 0 Å². The Kier molecular flexibility index (Phi) is 5.79. The summed E-state index contributed by atoms with van der Waals surface area (Å²) in [7, 11) is 0. The van der Waals surface area contributed by atoms with E-state index in [2.05, 4.69) is 52.3 Å². The smallest absolute Gasteiger partial charge is 0.191 e. The molecule has 1 rings (SSSR count). The molecule has 0 aliphatic heterocycles. The lowest BCUT2D eigenvalue weighted by molar-refractivity contribution is 0.501. The maximum atomic E-state index is 13.6. The third-order valence-corrected chi connectivity index (χ3v) is 2.75. The summed E-state index contributed by atoms with van der Waals surface area (Å²) in [5, 5.41) is 6.41. The first-order chi connectivity index (χ1) is 8.81. The number of aliphatic imine (C=N–C) groups is 1. The highest BCUT2D eigenvalue weighted by Gasteiger charge is 2.11. The third-order valence-electron chi connectivity index (χ3n) is 2.25. The molecule has 1 aromatic rings. The van der Waals surface area contributed by atoms with E-state index in [9.17, 15) is 4.39 Å². The van der Waals surface area contributed by atoms with Gasteiger partial charge in [0.2, 0.25) is 0 Å². The number of nitrogens with one attached hydrogen (secondary N) is 2. The Hall–Kier alpha value is -1.10. The Morgan fingerprint density at radius 3 is 2.63 bits per heavy atom. The number of benzene rings is 1. The summed E-state index contributed by atoms with van der Waals surface area (Å²) in [4.78, 5) is 4.40. The third kappa shape index (κ3) is 6.05. The fraction of sp³-hybridized carbons (Fsp3) is 0.500. The standard InChI is InChI=1S/C14H21BrFN3/c1-5-17-13(19-14(2,3)4)18-9-10-8-11(15)6-7-12(10)16/h6-8H,5,9H2,1-4H3,(H2,17,18,19). The fourth-order valence-electron chi connectivity index (χ4n) is 1.49. The molecule has 19 heavy (non-hydrogen) atoms. The zero-order chi connectivity index (χ0) is 14.5. The number of hydrogen-bond donors (Lipinski definition) is 2. The Balaban J connectivity index is 2.82. The SMILES string of the molecule is CCNC(=NCc1cc(Br)ccc1F)NC(C)(C)C. The molecule has 0 fully saturated rings. The molecule has 0 saturated heterocycles. The highest BCUT2D eigenvalue weighted by molar-refractivity contribution is 9.10. The van der Waals surface area contributed by atoms with Crippen molar-refractivity contribution >= 4 is 21.9 Å². The quantitative estimate of drug-likeness (QED) is 0.658. The van der Waals surface area contributed by atoms with Crippen molar-refractivity contribution in [1.29, 1.82) is 0 Å². The lowest BCUT2D eigenvalue weighted by Crippen LogP contribution is -2.47. The maximum absolute atomic E-state index is 13.6.